The first-order chi connectivity index (χ1) is 42.2. The van der Waals surface area contributed by atoms with Gasteiger partial charge in [-0.1, -0.05) is 121 Å². The molecule has 398 valence electrons. The van der Waals surface area contributed by atoms with Gasteiger partial charge in [0.15, 0.2) is 11.5 Å². The number of hydrogen-bond acceptors (Lipinski definition) is 6. The number of pyridine rings is 2. The van der Waals surface area contributed by atoms with E-state index in [1.165, 1.54) is 0 Å². The summed E-state index contributed by atoms with van der Waals surface area (Å²) in [4.78, 5) is 19.7. The van der Waals surface area contributed by atoms with Crippen LogP contribution in [-0.2, 0) is 0 Å². The zero-order valence-electron chi connectivity index (χ0n) is 45.3. The Morgan fingerprint density at radius 2 is 0.541 bits per heavy atom. The Morgan fingerprint density at radius 1 is 0.224 bits per heavy atom. The van der Waals surface area contributed by atoms with E-state index < -0.39 is 0 Å². The van der Waals surface area contributed by atoms with Crippen LogP contribution in [0, 0.1) is 0 Å². The highest BCUT2D eigenvalue weighted by Crippen LogP contribution is 2.47. The van der Waals surface area contributed by atoms with Gasteiger partial charge in [-0.2, -0.15) is 0 Å². The third kappa shape index (κ3) is 7.07. The van der Waals surface area contributed by atoms with Crippen LogP contribution in [0.5, 0.6) is 23.0 Å². The summed E-state index contributed by atoms with van der Waals surface area (Å²) in [6.45, 7) is 0. The standard InChI is InChI=1S/C74H45N9O2/c1-7-24-58-48(18-1)49-19-2-8-25-59(49)79(58)68-42-56-57-43-69(80-60-26-9-3-20-50(60)51-21-4-10-27-61(51)80)71(85-47-33-35-55-53-23-6-12-29-63(53)82(65(55)41-47)73-31-14-16-37-76-73)45-67(57)83(74-77-38-17-39-78-74)66(56)44-70(68)84-46-32-34-54-52-22-5-11-28-62(52)81(64(54)40-46)72-30-13-15-36-75-72/h1-45H. The summed E-state index contributed by atoms with van der Waals surface area (Å²) in [6.07, 6.45) is 7.26. The molecule has 0 aliphatic heterocycles. The van der Waals surface area contributed by atoms with E-state index in [0.717, 1.165) is 132 Å². The number of fused-ring (bicyclic) bond motifs is 15. The first-order valence-corrected chi connectivity index (χ1v) is 28.3. The predicted octanol–water partition coefficient (Wildman–Crippen LogP) is 18.3. The molecule has 0 aliphatic rings. The van der Waals surface area contributed by atoms with E-state index >= 15 is 0 Å². The Morgan fingerprint density at radius 3 is 0.906 bits per heavy atom. The molecular formula is C74H45N9O2. The molecule has 0 saturated heterocycles. The van der Waals surface area contributed by atoms with Crippen molar-refractivity contribution in [3.05, 3.63) is 274 Å². The van der Waals surface area contributed by atoms with Crippen LogP contribution in [0.3, 0.4) is 0 Å². The molecule has 0 amide bonds. The zero-order valence-corrected chi connectivity index (χ0v) is 45.3. The van der Waals surface area contributed by atoms with E-state index in [0.29, 0.717) is 28.9 Å². The lowest BCUT2D eigenvalue weighted by atomic mass is 10.1. The van der Waals surface area contributed by atoms with Crippen molar-refractivity contribution in [2.24, 2.45) is 0 Å². The van der Waals surface area contributed by atoms with Crippen molar-refractivity contribution in [3.8, 4) is 52.0 Å². The molecule has 11 nitrogen and oxygen atoms in total. The zero-order chi connectivity index (χ0) is 55.7. The van der Waals surface area contributed by atoms with Crippen molar-refractivity contribution < 1.29 is 9.47 Å². The van der Waals surface area contributed by atoms with Crippen molar-refractivity contribution in [2.75, 3.05) is 0 Å². The lowest BCUT2D eigenvalue weighted by Gasteiger charge is -2.16. The molecule has 0 atom stereocenters. The predicted molar refractivity (Wildman–Crippen MR) is 342 cm³/mol. The molecule has 11 heteroatoms. The first-order valence-electron chi connectivity index (χ1n) is 28.3. The molecule has 85 heavy (non-hydrogen) atoms. The largest absolute Gasteiger partial charge is 0.455 e. The van der Waals surface area contributed by atoms with Crippen LogP contribution in [0.1, 0.15) is 0 Å². The summed E-state index contributed by atoms with van der Waals surface area (Å²) in [5, 5.41) is 10.9. The molecule has 10 aromatic carbocycles. The number of rotatable bonds is 9. The van der Waals surface area contributed by atoms with Crippen LogP contribution in [0.4, 0.5) is 0 Å². The number of nitrogens with zero attached hydrogens (tertiary/aromatic N) is 9. The second kappa shape index (κ2) is 18.3. The highest BCUT2D eigenvalue weighted by Gasteiger charge is 2.26. The van der Waals surface area contributed by atoms with Crippen LogP contribution in [-0.4, -0.2) is 42.8 Å². The Hall–Kier alpha value is -11.8. The number of hydrogen-bond donors (Lipinski definition) is 0. The lowest BCUT2D eigenvalue weighted by molar-refractivity contribution is 0.482. The van der Waals surface area contributed by atoms with Gasteiger partial charge < -0.3 is 18.6 Å². The van der Waals surface area contributed by atoms with Crippen molar-refractivity contribution >= 4 is 109 Å². The third-order valence-electron chi connectivity index (χ3n) is 16.8. The highest BCUT2D eigenvalue weighted by molar-refractivity contribution is 6.16. The minimum Gasteiger partial charge on any atom is -0.455 e. The number of aromatic nitrogens is 9. The summed E-state index contributed by atoms with van der Waals surface area (Å²) in [5.74, 6) is 4.73. The van der Waals surface area contributed by atoms with E-state index in [-0.39, 0.29) is 0 Å². The fraction of sp³-hybridized carbons (Fsp3) is 0. The molecule has 18 aromatic rings. The second-order valence-electron chi connectivity index (χ2n) is 21.4. The van der Waals surface area contributed by atoms with Gasteiger partial charge in [-0.05, 0) is 103 Å². The maximum Gasteiger partial charge on any atom is 0.234 e. The molecule has 18 rings (SSSR count). The van der Waals surface area contributed by atoms with Gasteiger partial charge in [0, 0.05) is 103 Å². The van der Waals surface area contributed by atoms with Crippen molar-refractivity contribution in [1.29, 1.82) is 0 Å². The average Bonchev–Trinajstić information content (AvgIpc) is 4.19. The average molecular weight is 1090 g/mol. The fourth-order valence-electron chi connectivity index (χ4n) is 13.3. The van der Waals surface area contributed by atoms with E-state index in [9.17, 15) is 0 Å². The minimum atomic E-state index is 0.497. The van der Waals surface area contributed by atoms with Gasteiger partial charge >= 0.3 is 0 Å². The molecule has 8 heterocycles. The van der Waals surface area contributed by atoms with Gasteiger partial charge in [-0.25, -0.2) is 19.9 Å². The van der Waals surface area contributed by atoms with Crippen LogP contribution >= 0.6 is 0 Å². The van der Waals surface area contributed by atoms with Gasteiger partial charge in [0.1, 0.15) is 23.1 Å². The van der Waals surface area contributed by atoms with Gasteiger partial charge in [0.25, 0.3) is 0 Å². The van der Waals surface area contributed by atoms with E-state index in [1.54, 1.807) is 12.4 Å². The molecule has 0 radical (unpaired) electrons. The molecule has 0 unspecified atom stereocenters. The topological polar surface area (TPSA) is 94.7 Å². The molecule has 8 aromatic heterocycles. The number of ether oxygens (including phenoxy) is 2. The minimum absolute atomic E-state index is 0.497. The summed E-state index contributed by atoms with van der Waals surface area (Å²) in [7, 11) is 0. The quantitative estimate of drug-likeness (QED) is 0.143. The van der Waals surface area contributed by atoms with Gasteiger partial charge in [-0.3, -0.25) is 13.7 Å². The van der Waals surface area contributed by atoms with Gasteiger partial charge in [0.05, 0.1) is 66.5 Å². The van der Waals surface area contributed by atoms with E-state index in [2.05, 4.69) is 229 Å². The van der Waals surface area contributed by atoms with Crippen LogP contribution in [0.2, 0.25) is 0 Å². The monoisotopic (exact) mass is 1090 g/mol. The normalized spacial score (nSPS) is 12.0. The van der Waals surface area contributed by atoms with Crippen LogP contribution in [0.15, 0.2) is 274 Å². The van der Waals surface area contributed by atoms with Crippen LogP contribution < -0.4 is 9.47 Å². The van der Waals surface area contributed by atoms with Crippen molar-refractivity contribution in [3.63, 3.8) is 0 Å². The molecule has 0 aliphatic carbocycles. The van der Waals surface area contributed by atoms with E-state index in [1.807, 2.05) is 54.9 Å². The van der Waals surface area contributed by atoms with Crippen molar-refractivity contribution in [1.82, 2.24) is 42.8 Å². The third-order valence-corrected chi connectivity index (χ3v) is 16.8. The maximum atomic E-state index is 7.46. The van der Waals surface area contributed by atoms with E-state index in [4.69, 9.17) is 29.4 Å². The number of para-hydroxylation sites is 6. The van der Waals surface area contributed by atoms with Crippen molar-refractivity contribution in [2.45, 2.75) is 0 Å². The SMILES string of the molecule is c1ccc(-n2c3ccccc3c3ccc(Oc4cc5c(cc4-n4c6ccccc6c6ccccc64)c4cc(-n6c7ccccc7c7ccccc76)c(Oc6ccc7c8ccccc8n(-c8ccccn8)c7c6)cc4n5-c4ncccn4)cc32)nc1. The van der Waals surface area contributed by atoms with Gasteiger partial charge in [0.2, 0.25) is 5.95 Å². The molecule has 0 saturated carbocycles. The lowest BCUT2D eigenvalue weighted by Crippen LogP contribution is -2.02. The van der Waals surface area contributed by atoms with Gasteiger partial charge in [-0.15, -0.1) is 0 Å². The maximum absolute atomic E-state index is 7.46. The summed E-state index contributed by atoms with van der Waals surface area (Å²) >= 11 is 0. The summed E-state index contributed by atoms with van der Waals surface area (Å²) in [5.41, 5.74) is 11.7. The molecule has 0 bridgehead atoms. The molecule has 0 fully saturated rings. The second-order valence-corrected chi connectivity index (χ2v) is 21.4. The first kappa shape index (κ1) is 46.9. The summed E-state index contributed by atoms with van der Waals surface area (Å²) < 4.78 is 26.2. The van der Waals surface area contributed by atoms with Crippen LogP contribution in [0.25, 0.3) is 138 Å². The number of benzene rings is 10. The Kier molecular flexibility index (Phi) is 10.1. The molecule has 0 N–H and O–H groups in total. The molecule has 0 spiro atoms. The Labute approximate surface area is 484 Å². The fourth-order valence-corrected chi connectivity index (χ4v) is 13.3. The molecular weight excluding hydrogens is 1050 g/mol. The highest BCUT2D eigenvalue weighted by atomic mass is 16.5. The Bertz CT molecular complexity index is 5300. The smallest absolute Gasteiger partial charge is 0.234 e. The summed E-state index contributed by atoms with van der Waals surface area (Å²) in [6, 6.07) is 86.9. The Balaban J connectivity index is 0.932.